The summed E-state index contributed by atoms with van der Waals surface area (Å²) in [5.41, 5.74) is 1.79. The Morgan fingerprint density at radius 2 is 2.10 bits per heavy atom. The maximum absolute atomic E-state index is 13.1. The number of terminal acetylenes is 1. The van der Waals surface area contributed by atoms with E-state index >= 15 is 0 Å². The van der Waals surface area contributed by atoms with Gasteiger partial charge in [-0.15, -0.1) is 6.42 Å². The lowest BCUT2D eigenvalue weighted by atomic mass is 10.2. The van der Waals surface area contributed by atoms with Crippen LogP contribution in [0.2, 0.25) is 5.02 Å². The predicted molar refractivity (Wildman–Crippen MR) is 87.2 cm³/mol. The lowest BCUT2D eigenvalue weighted by Crippen LogP contribution is -2.00. The Morgan fingerprint density at radius 3 is 2.76 bits per heavy atom. The van der Waals surface area contributed by atoms with Crippen molar-refractivity contribution >= 4 is 33.2 Å². The summed E-state index contributed by atoms with van der Waals surface area (Å²) in [6, 6.07) is 10.2. The van der Waals surface area contributed by atoms with Crippen molar-refractivity contribution in [2.75, 3.05) is 11.9 Å². The van der Waals surface area contributed by atoms with Crippen LogP contribution >= 0.6 is 27.5 Å². The van der Waals surface area contributed by atoms with E-state index in [0.29, 0.717) is 12.3 Å². The molecule has 0 amide bonds. The fourth-order valence-corrected chi connectivity index (χ4v) is 2.42. The van der Waals surface area contributed by atoms with E-state index in [9.17, 15) is 4.39 Å². The molecule has 0 aliphatic rings. The number of anilines is 1. The van der Waals surface area contributed by atoms with Crippen molar-refractivity contribution in [1.29, 1.82) is 0 Å². The van der Waals surface area contributed by atoms with Gasteiger partial charge in [0.1, 0.15) is 18.2 Å². The average Bonchev–Trinajstić information content (AvgIpc) is 2.47. The van der Waals surface area contributed by atoms with Crippen LogP contribution in [0, 0.1) is 18.2 Å². The van der Waals surface area contributed by atoms with Crippen LogP contribution in [0.15, 0.2) is 40.9 Å². The molecular formula is C16H12BrClFNO. The standard InChI is InChI=1S/C16H12BrClFNO/c1-2-7-21-16-6-3-11(8-13(16)17)10-20-12-4-5-15(19)14(18)9-12/h1,3-6,8-9,20H,7,10H2. The average molecular weight is 369 g/mol. The van der Waals surface area contributed by atoms with E-state index < -0.39 is 5.82 Å². The maximum Gasteiger partial charge on any atom is 0.148 e. The maximum atomic E-state index is 13.1. The van der Waals surface area contributed by atoms with Gasteiger partial charge >= 0.3 is 0 Å². The summed E-state index contributed by atoms with van der Waals surface area (Å²) < 4.78 is 19.3. The summed E-state index contributed by atoms with van der Waals surface area (Å²) in [6.45, 7) is 0.806. The van der Waals surface area contributed by atoms with Crippen molar-refractivity contribution in [2.24, 2.45) is 0 Å². The Bertz CT molecular complexity index is 684. The molecule has 0 atom stereocenters. The molecular weight excluding hydrogens is 357 g/mol. The molecule has 0 unspecified atom stereocenters. The second kappa shape index (κ2) is 7.35. The number of halogens is 3. The first-order valence-corrected chi connectivity index (χ1v) is 7.31. The van der Waals surface area contributed by atoms with Crippen LogP contribution in [0.4, 0.5) is 10.1 Å². The van der Waals surface area contributed by atoms with Gasteiger partial charge in [-0.1, -0.05) is 23.6 Å². The first kappa shape index (κ1) is 15.7. The van der Waals surface area contributed by atoms with Crippen LogP contribution in [0.5, 0.6) is 5.75 Å². The zero-order valence-corrected chi connectivity index (χ0v) is 13.3. The van der Waals surface area contributed by atoms with Crippen LogP contribution in [-0.4, -0.2) is 6.61 Å². The van der Waals surface area contributed by atoms with Gasteiger partial charge in [-0.2, -0.15) is 0 Å². The molecule has 0 saturated carbocycles. The Balaban J connectivity index is 2.01. The van der Waals surface area contributed by atoms with Gasteiger partial charge in [-0.3, -0.25) is 0 Å². The minimum absolute atomic E-state index is 0.0965. The molecule has 21 heavy (non-hydrogen) atoms. The summed E-state index contributed by atoms with van der Waals surface area (Å²) in [5, 5.41) is 3.27. The predicted octanol–water partition coefficient (Wildman–Crippen LogP) is 4.87. The number of hydrogen-bond acceptors (Lipinski definition) is 2. The SMILES string of the molecule is C#CCOc1ccc(CNc2ccc(F)c(Cl)c2)cc1Br. The van der Waals surface area contributed by atoms with Crippen LogP contribution < -0.4 is 10.1 Å². The van der Waals surface area contributed by atoms with E-state index in [-0.39, 0.29) is 11.6 Å². The lowest BCUT2D eigenvalue weighted by molar-refractivity contribution is 0.368. The molecule has 0 saturated heterocycles. The van der Waals surface area contributed by atoms with E-state index in [1.54, 1.807) is 12.1 Å². The third kappa shape index (κ3) is 4.38. The molecule has 5 heteroatoms. The summed E-state index contributed by atoms with van der Waals surface area (Å²) in [6.07, 6.45) is 5.15. The quantitative estimate of drug-likeness (QED) is 0.761. The van der Waals surface area contributed by atoms with E-state index in [1.165, 1.54) is 6.07 Å². The molecule has 2 rings (SSSR count). The van der Waals surface area contributed by atoms with Gasteiger partial charge in [0.15, 0.2) is 0 Å². The van der Waals surface area contributed by atoms with Gasteiger partial charge in [0.2, 0.25) is 0 Å². The molecule has 108 valence electrons. The molecule has 0 spiro atoms. The molecule has 0 fully saturated rings. The Morgan fingerprint density at radius 1 is 1.29 bits per heavy atom. The van der Waals surface area contributed by atoms with Gasteiger partial charge in [0, 0.05) is 12.2 Å². The highest BCUT2D eigenvalue weighted by atomic mass is 79.9. The van der Waals surface area contributed by atoms with Crippen molar-refractivity contribution in [3.05, 3.63) is 57.3 Å². The third-order valence-electron chi connectivity index (χ3n) is 2.72. The molecule has 2 aromatic carbocycles. The fraction of sp³-hybridized carbons (Fsp3) is 0.125. The van der Waals surface area contributed by atoms with Crippen LogP contribution in [0.3, 0.4) is 0 Å². The second-order valence-corrected chi connectivity index (χ2v) is 5.50. The summed E-state index contributed by atoms with van der Waals surface area (Å²) >= 11 is 9.17. The van der Waals surface area contributed by atoms with Crippen molar-refractivity contribution in [3.63, 3.8) is 0 Å². The van der Waals surface area contributed by atoms with E-state index in [2.05, 4.69) is 27.2 Å². The first-order valence-electron chi connectivity index (χ1n) is 6.14. The monoisotopic (exact) mass is 367 g/mol. The largest absolute Gasteiger partial charge is 0.480 e. The number of nitrogens with one attached hydrogen (secondary N) is 1. The highest BCUT2D eigenvalue weighted by molar-refractivity contribution is 9.10. The summed E-state index contributed by atoms with van der Waals surface area (Å²) in [5.74, 6) is 2.68. The minimum Gasteiger partial charge on any atom is -0.480 e. The van der Waals surface area contributed by atoms with Crippen LogP contribution in [0.25, 0.3) is 0 Å². The summed E-state index contributed by atoms with van der Waals surface area (Å²) in [7, 11) is 0. The second-order valence-electron chi connectivity index (χ2n) is 4.24. The molecule has 0 radical (unpaired) electrons. The van der Waals surface area contributed by atoms with Crippen LogP contribution in [0.1, 0.15) is 5.56 Å². The normalized spacial score (nSPS) is 10.0. The van der Waals surface area contributed by atoms with E-state index in [4.69, 9.17) is 22.8 Å². The van der Waals surface area contributed by atoms with Gasteiger partial charge in [0.25, 0.3) is 0 Å². The van der Waals surface area contributed by atoms with E-state index in [0.717, 1.165) is 15.7 Å². The molecule has 0 heterocycles. The summed E-state index contributed by atoms with van der Waals surface area (Å²) in [4.78, 5) is 0. The molecule has 2 aromatic rings. The molecule has 1 N–H and O–H groups in total. The number of hydrogen-bond donors (Lipinski definition) is 1. The Kier molecular flexibility index (Phi) is 5.49. The van der Waals surface area contributed by atoms with Gasteiger partial charge in [0.05, 0.1) is 9.50 Å². The number of ether oxygens (including phenoxy) is 1. The molecule has 2 nitrogen and oxygen atoms in total. The first-order chi connectivity index (χ1) is 10.1. The lowest BCUT2D eigenvalue weighted by Gasteiger charge is -2.10. The van der Waals surface area contributed by atoms with E-state index in [1.807, 2.05) is 18.2 Å². The smallest absolute Gasteiger partial charge is 0.148 e. The number of benzene rings is 2. The highest BCUT2D eigenvalue weighted by Gasteiger charge is 2.04. The molecule has 0 bridgehead atoms. The van der Waals surface area contributed by atoms with Gasteiger partial charge in [-0.05, 0) is 51.8 Å². The number of rotatable bonds is 5. The topological polar surface area (TPSA) is 21.3 Å². The van der Waals surface area contributed by atoms with Crippen molar-refractivity contribution in [3.8, 4) is 18.1 Å². The van der Waals surface area contributed by atoms with Crippen molar-refractivity contribution in [1.82, 2.24) is 0 Å². The minimum atomic E-state index is -0.431. The third-order valence-corrected chi connectivity index (χ3v) is 3.63. The van der Waals surface area contributed by atoms with Gasteiger partial charge < -0.3 is 10.1 Å². The zero-order valence-electron chi connectivity index (χ0n) is 11.0. The fourth-order valence-electron chi connectivity index (χ4n) is 1.70. The highest BCUT2D eigenvalue weighted by Crippen LogP contribution is 2.26. The van der Waals surface area contributed by atoms with Crippen molar-refractivity contribution in [2.45, 2.75) is 6.54 Å². The Hall–Kier alpha value is -1.70. The van der Waals surface area contributed by atoms with Crippen LogP contribution in [-0.2, 0) is 6.54 Å². The van der Waals surface area contributed by atoms with Gasteiger partial charge in [-0.25, -0.2) is 4.39 Å². The van der Waals surface area contributed by atoms with Crippen molar-refractivity contribution < 1.29 is 9.13 Å². The zero-order chi connectivity index (χ0) is 15.2. The molecule has 0 aromatic heterocycles. The molecule has 0 aliphatic carbocycles. The molecule has 0 aliphatic heterocycles. The Labute approximate surface area is 136 Å².